The standard InChI is InChI=1S/C27H41N3O3/c1-19(2)17-23-24(31)18-29(22-15-11-8-12-16-22)25(30(23)26(32)33-27(4,5)6)28-20(3)21-13-9-7-10-14-21/h7,9-10,13-14,19-20,22-23H,8,11-12,15-18H2,1-6H3. The number of Topliss-reactive ketones (excluding diaryl/α,β-unsaturated/α-hetero) is 1. The van der Waals surface area contributed by atoms with Gasteiger partial charge in [-0.3, -0.25) is 4.79 Å². The summed E-state index contributed by atoms with van der Waals surface area (Å²) in [5.74, 6) is 0.933. The maximum Gasteiger partial charge on any atom is 0.417 e. The largest absolute Gasteiger partial charge is 0.443 e. The van der Waals surface area contributed by atoms with Crippen molar-refractivity contribution in [2.24, 2.45) is 10.9 Å². The molecule has 0 spiro atoms. The molecular weight excluding hydrogens is 414 g/mol. The van der Waals surface area contributed by atoms with Crippen molar-refractivity contribution >= 4 is 17.8 Å². The van der Waals surface area contributed by atoms with Gasteiger partial charge in [-0.15, -0.1) is 0 Å². The van der Waals surface area contributed by atoms with E-state index in [1.807, 2.05) is 45.9 Å². The highest BCUT2D eigenvalue weighted by atomic mass is 16.6. The van der Waals surface area contributed by atoms with Gasteiger partial charge in [0.25, 0.3) is 0 Å². The van der Waals surface area contributed by atoms with Crippen LogP contribution < -0.4 is 0 Å². The Hall–Kier alpha value is -2.37. The van der Waals surface area contributed by atoms with Crippen LogP contribution in [0.1, 0.15) is 91.7 Å². The molecule has 1 saturated carbocycles. The van der Waals surface area contributed by atoms with Crippen molar-refractivity contribution in [2.75, 3.05) is 6.54 Å². The molecule has 1 heterocycles. The molecule has 1 aromatic carbocycles. The van der Waals surface area contributed by atoms with Crippen LogP contribution in [0.15, 0.2) is 35.3 Å². The molecule has 1 aromatic rings. The Balaban J connectivity index is 2.08. The molecule has 1 saturated heterocycles. The van der Waals surface area contributed by atoms with Crippen molar-refractivity contribution in [2.45, 2.75) is 104 Å². The molecule has 3 rings (SSSR count). The van der Waals surface area contributed by atoms with Crippen LogP contribution in [0.3, 0.4) is 0 Å². The second-order valence-corrected chi connectivity index (χ2v) is 10.9. The van der Waals surface area contributed by atoms with Gasteiger partial charge in [0.05, 0.1) is 12.6 Å². The number of carbonyl (C=O) groups is 2. The first kappa shape index (κ1) is 25.3. The number of nitrogens with zero attached hydrogens (tertiary/aromatic N) is 3. The van der Waals surface area contributed by atoms with Gasteiger partial charge < -0.3 is 9.64 Å². The van der Waals surface area contributed by atoms with E-state index in [0.717, 1.165) is 31.2 Å². The molecule has 0 aromatic heterocycles. The second-order valence-electron chi connectivity index (χ2n) is 10.9. The number of ether oxygens (including phenoxy) is 1. The highest BCUT2D eigenvalue weighted by molar-refractivity contribution is 6.05. The lowest BCUT2D eigenvalue weighted by atomic mass is 9.91. The van der Waals surface area contributed by atoms with Crippen LogP contribution in [0, 0.1) is 5.92 Å². The summed E-state index contributed by atoms with van der Waals surface area (Å²) in [6.07, 6.45) is 5.64. The third-order valence-corrected chi connectivity index (χ3v) is 6.37. The van der Waals surface area contributed by atoms with Crippen molar-refractivity contribution in [3.63, 3.8) is 0 Å². The van der Waals surface area contributed by atoms with E-state index < -0.39 is 17.7 Å². The van der Waals surface area contributed by atoms with E-state index >= 15 is 0 Å². The monoisotopic (exact) mass is 455 g/mol. The fourth-order valence-electron chi connectivity index (χ4n) is 4.77. The van der Waals surface area contributed by atoms with E-state index in [2.05, 4.69) is 30.9 Å². The van der Waals surface area contributed by atoms with Gasteiger partial charge in [0.15, 0.2) is 5.78 Å². The average molecular weight is 456 g/mol. The van der Waals surface area contributed by atoms with E-state index in [0.29, 0.717) is 18.9 Å². The molecule has 0 radical (unpaired) electrons. The van der Waals surface area contributed by atoms with Crippen LogP contribution in [-0.2, 0) is 9.53 Å². The lowest BCUT2D eigenvalue weighted by Crippen LogP contribution is -2.65. The number of ketones is 1. The van der Waals surface area contributed by atoms with Gasteiger partial charge in [-0.25, -0.2) is 14.7 Å². The predicted octanol–water partition coefficient (Wildman–Crippen LogP) is 5.97. The summed E-state index contributed by atoms with van der Waals surface area (Å²) < 4.78 is 5.82. The highest BCUT2D eigenvalue weighted by Crippen LogP contribution is 2.31. The third kappa shape index (κ3) is 6.58. The van der Waals surface area contributed by atoms with Crippen molar-refractivity contribution < 1.29 is 14.3 Å². The van der Waals surface area contributed by atoms with Gasteiger partial charge in [-0.2, -0.15) is 0 Å². The van der Waals surface area contributed by atoms with Crippen molar-refractivity contribution in [1.29, 1.82) is 0 Å². The van der Waals surface area contributed by atoms with Crippen LogP contribution in [0.4, 0.5) is 4.79 Å². The van der Waals surface area contributed by atoms with E-state index in [-0.39, 0.29) is 23.8 Å². The van der Waals surface area contributed by atoms with Crippen molar-refractivity contribution in [3.8, 4) is 0 Å². The minimum absolute atomic E-state index is 0.0754. The Morgan fingerprint density at radius 3 is 2.30 bits per heavy atom. The Morgan fingerprint density at radius 1 is 1.09 bits per heavy atom. The average Bonchev–Trinajstić information content (AvgIpc) is 2.75. The van der Waals surface area contributed by atoms with Gasteiger partial charge in [0.1, 0.15) is 11.6 Å². The summed E-state index contributed by atoms with van der Waals surface area (Å²) >= 11 is 0. The molecule has 182 valence electrons. The predicted molar refractivity (Wildman–Crippen MR) is 132 cm³/mol. The number of guanidine groups is 1. The second kappa shape index (κ2) is 10.7. The molecule has 6 nitrogen and oxygen atoms in total. The summed E-state index contributed by atoms with van der Waals surface area (Å²) in [5, 5.41) is 0. The normalized spacial score (nSPS) is 22.7. The SMILES string of the molecule is CC(C)CC1C(=O)CN(C2CCCCC2)C(=NC(C)c2ccccc2)N1C(=O)OC(C)(C)C. The lowest BCUT2D eigenvalue weighted by molar-refractivity contribution is -0.126. The summed E-state index contributed by atoms with van der Waals surface area (Å²) in [6, 6.07) is 9.61. The number of hydrogen-bond donors (Lipinski definition) is 0. The molecule has 2 fully saturated rings. The molecule has 0 bridgehead atoms. The van der Waals surface area contributed by atoms with E-state index in [4.69, 9.17) is 9.73 Å². The first-order valence-corrected chi connectivity index (χ1v) is 12.5. The molecule has 2 unspecified atom stereocenters. The van der Waals surface area contributed by atoms with Gasteiger partial charge in [0.2, 0.25) is 5.96 Å². The zero-order valence-electron chi connectivity index (χ0n) is 21.2. The number of amides is 1. The zero-order chi connectivity index (χ0) is 24.2. The maximum absolute atomic E-state index is 13.6. The Bertz CT molecular complexity index is 838. The molecule has 0 N–H and O–H groups in total. The fraction of sp³-hybridized carbons (Fsp3) is 0.667. The van der Waals surface area contributed by atoms with Gasteiger partial charge in [-0.1, -0.05) is 63.4 Å². The first-order chi connectivity index (χ1) is 15.6. The van der Waals surface area contributed by atoms with Crippen molar-refractivity contribution in [3.05, 3.63) is 35.9 Å². The van der Waals surface area contributed by atoms with Gasteiger partial charge in [0, 0.05) is 6.04 Å². The lowest BCUT2D eigenvalue weighted by Gasteiger charge is -2.46. The number of carbonyl (C=O) groups excluding carboxylic acids is 2. The third-order valence-electron chi connectivity index (χ3n) is 6.37. The van der Waals surface area contributed by atoms with E-state index in [9.17, 15) is 9.59 Å². The first-order valence-electron chi connectivity index (χ1n) is 12.5. The highest BCUT2D eigenvalue weighted by Gasteiger charge is 2.45. The Morgan fingerprint density at radius 2 is 1.73 bits per heavy atom. The number of benzene rings is 1. The van der Waals surface area contributed by atoms with Gasteiger partial charge >= 0.3 is 6.09 Å². The van der Waals surface area contributed by atoms with Crippen LogP contribution in [0.2, 0.25) is 0 Å². The molecule has 1 amide bonds. The quantitative estimate of drug-likeness (QED) is 0.548. The number of aliphatic imine (C=N–C) groups is 1. The molecule has 33 heavy (non-hydrogen) atoms. The minimum Gasteiger partial charge on any atom is -0.443 e. The zero-order valence-corrected chi connectivity index (χ0v) is 21.2. The van der Waals surface area contributed by atoms with Crippen LogP contribution >= 0.6 is 0 Å². The van der Waals surface area contributed by atoms with Crippen LogP contribution in [-0.4, -0.2) is 51.9 Å². The molecule has 1 aliphatic heterocycles. The smallest absolute Gasteiger partial charge is 0.417 e. The summed E-state index contributed by atoms with van der Waals surface area (Å²) in [5.41, 5.74) is 0.418. The van der Waals surface area contributed by atoms with E-state index in [1.54, 1.807) is 4.90 Å². The van der Waals surface area contributed by atoms with Gasteiger partial charge in [-0.05, 0) is 58.4 Å². The number of rotatable bonds is 5. The Labute approximate surface area is 199 Å². The summed E-state index contributed by atoms with van der Waals surface area (Å²) in [6.45, 7) is 12.1. The molecule has 6 heteroatoms. The summed E-state index contributed by atoms with van der Waals surface area (Å²) in [7, 11) is 0. The molecule has 2 aliphatic rings. The molecule has 2 atom stereocenters. The number of hydrogen-bond acceptors (Lipinski definition) is 4. The van der Waals surface area contributed by atoms with Crippen LogP contribution in [0.5, 0.6) is 0 Å². The topological polar surface area (TPSA) is 62.2 Å². The molecular formula is C27H41N3O3. The fourth-order valence-corrected chi connectivity index (χ4v) is 4.77. The maximum atomic E-state index is 13.6. The minimum atomic E-state index is -0.661. The van der Waals surface area contributed by atoms with Crippen molar-refractivity contribution in [1.82, 2.24) is 9.80 Å². The summed E-state index contributed by atoms with van der Waals surface area (Å²) in [4.78, 5) is 35.7. The Kier molecular flexibility index (Phi) is 8.19. The van der Waals surface area contributed by atoms with E-state index in [1.165, 1.54) is 6.42 Å². The van der Waals surface area contributed by atoms with Crippen LogP contribution in [0.25, 0.3) is 0 Å². The molecule has 1 aliphatic carbocycles.